The zero-order valence-electron chi connectivity index (χ0n) is 8.13. The Balaban J connectivity index is 2.33. The number of aromatic amines is 1. The summed E-state index contributed by atoms with van der Waals surface area (Å²) < 4.78 is 25.7. The minimum Gasteiger partial charge on any atom is -0.481 e. The van der Waals surface area contributed by atoms with Gasteiger partial charge in [0.2, 0.25) is 0 Å². The lowest BCUT2D eigenvalue weighted by atomic mass is 10.3. The van der Waals surface area contributed by atoms with E-state index in [1.807, 2.05) is 0 Å². The summed E-state index contributed by atoms with van der Waals surface area (Å²) in [6, 6.07) is 1.98. The SMILES string of the molecule is O=C(O)CCc1nc2cc(F)c(F)cc2[nH]1. The van der Waals surface area contributed by atoms with Crippen molar-refractivity contribution in [3.63, 3.8) is 0 Å². The largest absolute Gasteiger partial charge is 0.481 e. The highest BCUT2D eigenvalue weighted by molar-refractivity contribution is 5.75. The molecule has 16 heavy (non-hydrogen) atoms. The Kier molecular flexibility index (Phi) is 2.55. The van der Waals surface area contributed by atoms with Gasteiger partial charge in [0.25, 0.3) is 0 Å². The third kappa shape index (κ3) is 2.00. The van der Waals surface area contributed by atoms with E-state index in [4.69, 9.17) is 5.11 Å². The zero-order chi connectivity index (χ0) is 11.7. The van der Waals surface area contributed by atoms with E-state index in [0.717, 1.165) is 12.1 Å². The molecule has 0 fully saturated rings. The molecular weight excluding hydrogens is 218 g/mol. The van der Waals surface area contributed by atoms with E-state index in [-0.39, 0.29) is 12.8 Å². The van der Waals surface area contributed by atoms with Crippen molar-refractivity contribution in [2.75, 3.05) is 0 Å². The third-order valence-corrected chi connectivity index (χ3v) is 2.15. The lowest BCUT2D eigenvalue weighted by Crippen LogP contribution is -1.98. The van der Waals surface area contributed by atoms with Crippen LogP contribution in [0.3, 0.4) is 0 Å². The molecule has 0 aliphatic carbocycles. The van der Waals surface area contributed by atoms with Gasteiger partial charge in [0.05, 0.1) is 17.5 Å². The first kappa shape index (κ1) is 10.5. The number of fused-ring (bicyclic) bond motifs is 1. The van der Waals surface area contributed by atoms with Crippen molar-refractivity contribution in [2.24, 2.45) is 0 Å². The standard InChI is InChI=1S/C10H8F2N2O2/c11-5-3-7-8(4-6(5)12)14-9(13-7)1-2-10(15)16/h3-4H,1-2H2,(H,13,14)(H,15,16). The predicted molar refractivity (Wildman–Crippen MR) is 52.0 cm³/mol. The number of carbonyl (C=O) groups is 1. The summed E-state index contributed by atoms with van der Waals surface area (Å²) >= 11 is 0. The molecule has 0 aliphatic heterocycles. The number of carboxylic acid groups (broad SMARTS) is 1. The Morgan fingerprint density at radius 3 is 2.75 bits per heavy atom. The van der Waals surface area contributed by atoms with Gasteiger partial charge < -0.3 is 10.1 Å². The van der Waals surface area contributed by atoms with Crippen molar-refractivity contribution in [1.82, 2.24) is 9.97 Å². The van der Waals surface area contributed by atoms with E-state index >= 15 is 0 Å². The van der Waals surface area contributed by atoms with Gasteiger partial charge in [-0.15, -0.1) is 0 Å². The molecule has 84 valence electrons. The van der Waals surface area contributed by atoms with E-state index < -0.39 is 17.6 Å². The fraction of sp³-hybridized carbons (Fsp3) is 0.200. The molecule has 1 aromatic heterocycles. The lowest BCUT2D eigenvalue weighted by Gasteiger charge is -1.90. The highest BCUT2D eigenvalue weighted by atomic mass is 19.2. The van der Waals surface area contributed by atoms with E-state index in [2.05, 4.69) is 9.97 Å². The van der Waals surface area contributed by atoms with Gasteiger partial charge in [-0.3, -0.25) is 4.79 Å². The summed E-state index contributed by atoms with van der Waals surface area (Å²) in [4.78, 5) is 17.0. The molecule has 1 heterocycles. The van der Waals surface area contributed by atoms with Crippen molar-refractivity contribution in [3.8, 4) is 0 Å². The highest BCUT2D eigenvalue weighted by Gasteiger charge is 2.09. The topological polar surface area (TPSA) is 66.0 Å². The number of rotatable bonds is 3. The Morgan fingerprint density at radius 1 is 1.38 bits per heavy atom. The minimum absolute atomic E-state index is 0.0786. The number of aryl methyl sites for hydroxylation is 1. The Morgan fingerprint density at radius 2 is 2.06 bits per heavy atom. The second-order valence-corrected chi connectivity index (χ2v) is 3.36. The Bertz CT molecular complexity index is 512. The first-order valence-corrected chi connectivity index (χ1v) is 4.61. The van der Waals surface area contributed by atoms with Gasteiger partial charge in [0.1, 0.15) is 5.82 Å². The maximum atomic E-state index is 12.9. The first-order chi connectivity index (χ1) is 7.56. The first-order valence-electron chi connectivity index (χ1n) is 4.61. The van der Waals surface area contributed by atoms with Crippen LogP contribution in [0.2, 0.25) is 0 Å². The monoisotopic (exact) mass is 226 g/mol. The zero-order valence-corrected chi connectivity index (χ0v) is 8.13. The molecular formula is C10H8F2N2O2. The number of hydrogen-bond acceptors (Lipinski definition) is 2. The predicted octanol–water partition coefficient (Wildman–Crippen LogP) is 1.86. The second-order valence-electron chi connectivity index (χ2n) is 3.36. The van der Waals surface area contributed by atoms with Crippen molar-refractivity contribution < 1.29 is 18.7 Å². The second kappa shape index (κ2) is 3.88. The number of aromatic nitrogens is 2. The number of nitrogens with one attached hydrogen (secondary N) is 1. The van der Waals surface area contributed by atoms with Gasteiger partial charge >= 0.3 is 5.97 Å². The van der Waals surface area contributed by atoms with Gasteiger partial charge in [0.15, 0.2) is 11.6 Å². The minimum atomic E-state index is -0.969. The van der Waals surface area contributed by atoms with Crippen LogP contribution in [0.5, 0.6) is 0 Å². The maximum absolute atomic E-state index is 12.9. The molecule has 6 heteroatoms. The van der Waals surface area contributed by atoms with Crippen LogP contribution in [0, 0.1) is 11.6 Å². The molecule has 0 saturated heterocycles. The number of aliphatic carboxylic acids is 1. The van der Waals surface area contributed by atoms with Gasteiger partial charge in [-0.1, -0.05) is 0 Å². The van der Waals surface area contributed by atoms with Crippen molar-refractivity contribution in [3.05, 3.63) is 29.6 Å². The average Bonchev–Trinajstić information content (AvgIpc) is 2.58. The molecule has 0 spiro atoms. The van der Waals surface area contributed by atoms with Crippen LogP contribution < -0.4 is 0 Å². The van der Waals surface area contributed by atoms with Crippen LogP contribution in [0.15, 0.2) is 12.1 Å². The summed E-state index contributed by atoms with van der Waals surface area (Å²) in [6.45, 7) is 0. The molecule has 0 saturated carbocycles. The van der Waals surface area contributed by atoms with Crippen molar-refractivity contribution >= 4 is 17.0 Å². The molecule has 2 N–H and O–H groups in total. The van der Waals surface area contributed by atoms with Gasteiger partial charge in [-0.2, -0.15) is 0 Å². The normalized spacial score (nSPS) is 10.9. The molecule has 0 bridgehead atoms. The van der Waals surface area contributed by atoms with Crippen molar-refractivity contribution in [1.29, 1.82) is 0 Å². The quantitative estimate of drug-likeness (QED) is 0.839. The number of benzene rings is 1. The molecule has 0 radical (unpaired) electrons. The number of halogens is 2. The smallest absolute Gasteiger partial charge is 0.303 e. The van der Waals surface area contributed by atoms with E-state index in [0.29, 0.717) is 16.9 Å². The third-order valence-electron chi connectivity index (χ3n) is 2.15. The lowest BCUT2D eigenvalue weighted by molar-refractivity contribution is -0.137. The fourth-order valence-electron chi connectivity index (χ4n) is 1.40. The highest BCUT2D eigenvalue weighted by Crippen LogP contribution is 2.16. The molecule has 2 rings (SSSR count). The van der Waals surface area contributed by atoms with Crippen LogP contribution in [0.25, 0.3) is 11.0 Å². The number of imidazole rings is 1. The summed E-state index contributed by atoms with van der Waals surface area (Å²) in [5.74, 6) is -2.47. The summed E-state index contributed by atoms with van der Waals surface area (Å²) in [7, 11) is 0. The average molecular weight is 226 g/mol. The van der Waals surface area contributed by atoms with Gasteiger partial charge in [-0.05, 0) is 0 Å². The number of nitrogens with zero attached hydrogens (tertiary/aromatic N) is 1. The van der Waals surface area contributed by atoms with Gasteiger partial charge in [0, 0.05) is 18.6 Å². The molecule has 4 nitrogen and oxygen atoms in total. The molecule has 0 amide bonds. The van der Waals surface area contributed by atoms with Crippen molar-refractivity contribution in [2.45, 2.75) is 12.8 Å². The van der Waals surface area contributed by atoms with Crippen LogP contribution >= 0.6 is 0 Å². The van der Waals surface area contributed by atoms with Crippen LogP contribution in [-0.4, -0.2) is 21.0 Å². The number of hydrogen-bond donors (Lipinski definition) is 2. The number of carboxylic acids is 1. The summed E-state index contributed by atoms with van der Waals surface area (Å²) in [5.41, 5.74) is 0.651. The molecule has 1 aromatic carbocycles. The van der Waals surface area contributed by atoms with Crippen LogP contribution in [0.4, 0.5) is 8.78 Å². The van der Waals surface area contributed by atoms with E-state index in [1.54, 1.807) is 0 Å². The molecule has 2 aromatic rings. The summed E-state index contributed by atoms with van der Waals surface area (Å²) in [6.07, 6.45) is 0.123. The van der Waals surface area contributed by atoms with E-state index in [1.165, 1.54) is 0 Å². The molecule has 0 atom stereocenters. The Hall–Kier alpha value is -1.98. The Labute approximate surface area is 88.9 Å². The maximum Gasteiger partial charge on any atom is 0.303 e. The van der Waals surface area contributed by atoms with Gasteiger partial charge in [-0.25, -0.2) is 13.8 Å². The van der Waals surface area contributed by atoms with Crippen LogP contribution in [-0.2, 0) is 11.2 Å². The fourth-order valence-corrected chi connectivity index (χ4v) is 1.40. The summed E-state index contributed by atoms with van der Waals surface area (Å²) in [5, 5.41) is 8.48. The van der Waals surface area contributed by atoms with Crippen LogP contribution in [0.1, 0.15) is 12.2 Å². The number of H-pyrrole nitrogens is 1. The molecule has 0 aliphatic rings. The van der Waals surface area contributed by atoms with E-state index in [9.17, 15) is 13.6 Å². The molecule has 0 unspecified atom stereocenters.